The van der Waals surface area contributed by atoms with Crippen molar-refractivity contribution in [3.8, 4) is 0 Å². The van der Waals surface area contributed by atoms with E-state index < -0.39 is 0 Å². The maximum absolute atomic E-state index is 12.1. The van der Waals surface area contributed by atoms with Gasteiger partial charge in [0.05, 0.1) is 13.2 Å². The number of benzene rings is 1. The first-order valence-corrected chi connectivity index (χ1v) is 6.85. The molecule has 0 saturated carbocycles. The van der Waals surface area contributed by atoms with Crippen LogP contribution in [0.5, 0.6) is 0 Å². The van der Waals surface area contributed by atoms with Crippen molar-refractivity contribution in [2.45, 2.75) is 12.8 Å². The van der Waals surface area contributed by atoms with E-state index in [2.05, 4.69) is 5.32 Å². The Labute approximate surface area is 126 Å². The SMILES string of the molecule is COCC1CCCN(C(=O)CNc2ccccc2)C1.Cl. The fourth-order valence-corrected chi connectivity index (χ4v) is 2.51. The average molecular weight is 299 g/mol. The molecule has 5 heteroatoms. The summed E-state index contributed by atoms with van der Waals surface area (Å²) in [6.07, 6.45) is 2.23. The van der Waals surface area contributed by atoms with Crippen LogP contribution in [0.25, 0.3) is 0 Å². The number of nitrogens with one attached hydrogen (secondary N) is 1. The molecule has 0 aromatic heterocycles. The topological polar surface area (TPSA) is 41.6 Å². The number of rotatable bonds is 5. The third-order valence-corrected chi connectivity index (χ3v) is 3.49. The van der Waals surface area contributed by atoms with E-state index >= 15 is 0 Å². The zero-order chi connectivity index (χ0) is 13.5. The summed E-state index contributed by atoms with van der Waals surface area (Å²) in [7, 11) is 1.72. The van der Waals surface area contributed by atoms with E-state index in [0.717, 1.165) is 38.2 Å². The molecule has 1 unspecified atom stereocenters. The van der Waals surface area contributed by atoms with E-state index in [1.807, 2.05) is 35.2 Å². The van der Waals surface area contributed by atoms with Crippen LogP contribution >= 0.6 is 12.4 Å². The van der Waals surface area contributed by atoms with Gasteiger partial charge < -0.3 is 15.0 Å². The minimum absolute atomic E-state index is 0. The lowest BCUT2D eigenvalue weighted by Gasteiger charge is -2.32. The van der Waals surface area contributed by atoms with Gasteiger partial charge in [0, 0.05) is 25.9 Å². The molecule has 0 aliphatic carbocycles. The highest BCUT2D eigenvalue weighted by Crippen LogP contribution is 2.16. The monoisotopic (exact) mass is 298 g/mol. The van der Waals surface area contributed by atoms with Gasteiger partial charge in [-0.3, -0.25) is 4.79 Å². The Bertz CT molecular complexity index is 398. The molecule has 2 rings (SSSR count). The predicted molar refractivity (Wildman–Crippen MR) is 83.4 cm³/mol. The van der Waals surface area contributed by atoms with Gasteiger partial charge in [-0.15, -0.1) is 12.4 Å². The first-order chi connectivity index (χ1) is 9.29. The lowest BCUT2D eigenvalue weighted by molar-refractivity contribution is -0.131. The number of carbonyl (C=O) groups is 1. The van der Waals surface area contributed by atoms with E-state index in [1.165, 1.54) is 0 Å². The van der Waals surface area contributed by atoms with Crippen molar-refractivity contribution in [1.82, 2.24) is 4.90 Å². The number of hydrogen-bond donors (Lipinski definition) is 1. The second-order valence-corrected chi connectivity index (χ2v) is 5.02. The molecule has 112 valence electrons. The van der Waals surface area contributed by atoms with Crippen LogP contribution < -0.4 is 5.32 Å². The van der Waals surface area contributed by atoms with E-state index in [4.69, 9.17) is 4.74 Å². The Morgan fingerprint density at radius 3 is 2.85 bits per heavy atom. The molecule has 1 amide bonds. The van der Waals surface area contributed by atoms with Crippen molar-refractivity contribution in [2.24, 2.45) is 5.92 Å². The van der Waals surface area contributed by atoms with Crippen LogP contribution in [0.4, 0.5) is 5.69 Å². The maximum atomic E-state index is 12.1. The first-order valence-electron chi connectivity index (χ1n) is 6.85. The molecular formula is C15H23ClN2O2. The van der Waals surface area contributed by atoms with Gasteiger partial charge in [0.15, 0.2) is 0 Å². The summed E-state index contributed by atoms with van der Waals surface area (Å²) >= 11 is 0. The van der Waals surface area contributed by atoms with Crippen molar-refractivity contribution in [3.63, 3.8) is 0 Å². The van der Waals surface area contributed by atoms with E-state index in [9.17, 15) is 4.79 Å². The Balaban J connectivity index is 0.00000200. The van der Waals surface area contributed by atoms with Crippen molar-refractivity contribution >= 4 is 24.0 Å². The normalized spacial score (nSPS) is 18.2. The standard InChI is InChI=1S/C15H22N2O2.ClH/c1-19-12-13-6-5-9-17(11-13)15(18)10-16-14-7-3-2-4-8-14;/h2-4,7-8,13,16H,5-6,9-12H2,1H3;1H. The summed E-state index contributed by atoms with van der Waals surface area (Å²) in [4.78, 5) is 14.1. The van der Waals surface area contributed by atoms with Crippen LogP contribution in [0.2, 0.25) is 0 Å². The van der Waals surface area contributed by atoms with Gasteiger partial charge in [-0.2, -0.15) is 0 Å². The number of likely N-dealkylation sites (tertiary alicyclic amines) is 1. The first kappa shape index (κ1) is 16.8. The van der Waals surface area contributed by atoms with E-state index in [0.29, 0.717) is 12.5 Å². The molecule has 0 spiro atoms. The number of piperidine rings is 1. The van der Waals surface area contributed by atoms with Gasteiger partial charge in [-0.05, 0) is 30.9 Å². The largest absolute Gasteiger partial charge is 0.384 e. The lowest BCUT2D eigenvalue weighted by Crippen LogP contribution is -2.43. The molecule has 1 heterocycles. The number of methoxy groups -OCH3 is 1. The van der Waals surface area contributed by atoms with E-state index in [1.54, 1.807) is 7.11 Å². The summed E-state index contributed by atoms with van der Waals surface area (Å²) < 4.78 is 5.19. The minimum Gasteiger partial charge on any atom is -0.384 e. The maximum Gasteiger partial charge on any atom is 0.241 e. The molecule has 1 fully saturated rings. The third kappa shape index (κ3) is 5.02. The average Bonchev–Trinajstić information content (AvgIpc) is 2.46. The van der Waals surface area contributed by atoms with Crippen LogP contribution in [-0.2, 0) is 9.53 Å². The van der Waals surface area contributed by atoms with Crippen molar-refractivity contribution in [1.29, 1.82) is 0 Å². The molecule has 1 aliphatic rings. The van der Waals surface area contributed by atoms with Gasteiger partial charge in [0.25, 0.3) is 0 Å². The van der Waals surface area contributed by atoms with Gasteiger partial charge in [-0.1, -0.05) is 18.2 Å². The molecule has 0 radical (unpaired) electrons. The van der Waals surface area contributed by atoms with Crippen molar-refractivity contribution < 1.29 is 9.53 Å². The number of para-hydroxylation sites is 1. The summed E-state index contributed by atoms with van der Waals surface area (Å²) in [5, 5.41) is 3.17. The smallest absolute Gasteiger partial charge is 0.241 e. The summed E-state index contributed by atoms with van der Waals surface area (Å²) in [6, 6.07) is 9.83. The van der Waals surface area contributed by atoms with Gasteiger partial charge in [-0.25, -0.2) is 0 Å². The second kappa shape index (κ2) is 8.82. The highest BCUT2D eigenvalue weighted by atomic mass is 35.5. The van der Waals surface area contributed by atoms with Crippen LogP contribution in [0.1, 0.15) is 12.8 Å². The zero-order valence-corrected chi connectivity index (χ0v) is 12.7. The number of halogens is 1. The Morgan fingerprint density at radius 1 is 1.40 bits per heavy atom. The zero-order valence-electron chi connectivity index (χ0n) is 11.9. The predicted octanol–water partition coefficient (Wildman–Crippen LogP) is 2.41. The van der Waals surface area contributed by atoms with E-state index in [-0.39, 0.29) is 18.3 Å². The van der Waals surface area contributed by atoms with Crippen LogP contribution in [0.15, 0.2) is 30.3 Å². The summed E-state index contributed by atoms with van der Waals surface area (Å²) in [5.74, 6) is 0.657. The Kier molecular flexibility index (Phi) is 7.41. The van der Waals surface area contributed by atoms with Crippen LogP contribution in [0, 0.1) is 5.92 Å². The Hall–Kier alpha value is -1.26. The molecule has 20 heavy (non-hydrogen) atoms. The quantitative estimate of drug-likeness (QED) is 0.907. The third-order valence-electron chi connectivity index (χ3n) is 3.49. The highest BCUT2D eigenvalue weighted by molar-refractivity contribution is 5.85. The van der Waals surface area contributed by atoms with Gasteiger partial charge in [0.1, 0.15) is 0 Å². The molecule has 1 atom stereocenters. The molecule has 1 saturated heterocycles. The number of ether oxygens (including phenoxy) is 1. The van der Waals surface area contributed by atoms with Crippen LogP contribution in [0.3, 0.4) is 0 Å². The highest BCUT2D eigenvalue weighted by Gasteiger charge is 2.23. The van der Waals surface area contributed by atoms with Gasteiger partial charge >= 0.3 is 0 Å². The molecular weight excluding hydrogens is 276 g/mol. The van der Waals surface area contributed by atoms with Gasteiger partial charge in [0.2, 0.25) is 5.91 Å². The number of hydrogen-bond acceptors (Lipinski definition) is 3. The molecule has 1 aliphatic heterocycles. The van der Waals surface area contributed by atoms with Crippen molar-refractivity contribution in [2.75, 3.05) is 38.7 Å². The van der Waals surface area contributed by atoms with Crippen LogP contribution in [-0.4, -0.2) is 44.2 Å². The molecule has 0 bridgehead atoms. The fraction of sp³-hybridized carbons (Fsp3) is 0.533. The molecule has 1 aromatic carbocycles. The summed E-state index contributed by atoms with van der Waals surface area (Å²) in [5.41, 5.74) is 0.987. The minimum atomic E-state index is 0. The summed E-state index contributed by atoms with van der Waals surface area (Å²) in [6.45, 7) is 2.80. The van der Waals surface area contributed by atoms with Crippen molar-refractivity contribution in [3.05, 3.63) is 30.3 Å². The molecule has 1 aromatic rings. The number of nitrogens with zero attached hydrogens (tertiary/aromatic N) is 1. The molecule has 4 nitrogen and oxygen atoms in total. The second-order valence-electron chi connectivity index (χ2n) is 5.02. The number of anilines is 1. The molecule has 1 N–H and O–H groups in total. The number of amides is 1. The fourth-order valence-electron chi connectivity index (χ4n) is 2.51. The number of carbonyl (C=O) groups excluding carboxylic acids is 1. The lowest BCUT2D eigenvalue weighted by atomic mass is 9.99. The Morgan fingerprint density at radius 2 is 2.15 bits per heavy atom.